The lowest BCUT2D eigenvalue weighted by Gasteiger charge is -2.34. The number of ether oxygens (including phenoxy) is 2. The van der Waals surface area contributed by atoms with E-state index >= 15 is 0 Å². The van der Waals surface area contributed by atoms with E-state index in [1.807, 2.05) is 60.7 Å². The number of aromatic amines is 1. The first-order valence-corrected chi connectivity index (χ1v) is 14.3. The third kappa shape index (κ3) is 5.08. The van der Waals surface area contributed by atoms with Gasteiger partial charge in [-0.2, -0.15) is 5.21 Å². The summed E-state index contributed by atoms with van der Waals surface area (Å²) >= 11 is 0. The molecule has 4 heterocycles. The van der Waals surface area contributed by atoms with Gasteiger partial charge in [-0.3, -0.25) is 9.20 Å². The lowest BCUT2D eigenvalue weighted by molar-refractivity contribution is -0.127. The van der Waals surface area contributed by atoms with E-state index in [0.29, 0.717) is 57.1 Å². The molecule has 1 aliphatic heterocycles. The molecule has 1 fully saturated rings. The van der Waals surface area contributed by atoms with Crippen molar-refractivity contribution in [3.8, 4) is 17.1 Å². The number of hydrogen-bond donors (Lipinski definition) is 2. The Labute approximate surface area is 247 Å². The molecule has 3 aromatic carbocycles. The van der Waals surface area contributed by atoms with Crippen LogP contribution in [0.1, 0.15) is 35.4 Å². The van der Waals surface area contributed by atoms with Crippen LogP contribution >= 0.6 is 0 Å². The van der Waals surface area contributed by atoms with Crippen LogP contribution < -0.4 is 10.5 Å². The monoisotopic (exact) mass is 574 g/mol. The molecule has 1 saturated heterocycles. The first kappa shape index (κ1) is 26.7. The molecule has 0 saturated carbocycles. The predicted octanol–water partition coefficient (Wildman–Crippen LogP) is 3.96. The van der Waals surface area contributed by atoms with E-state index in [1.54, 1.807) is 0 Å². The SMILES string of the molecule is NC(=O)C1(c2cccc(OCc3cc4ccc5nnc(-c6ccccc6)n5c4cc3CCc3nn[nH]n3)c2)CCOCC1. The molecular weight excluding hydrogens is 544 g/mol. The number of benzene rings is 3. The molecule has 6 aromatic rings. The van der Waals surface area contributed by atoms with Gasteiger partial charge < -0.3 is 15.2 Å². The minimum absolute atomic E-state index is 0.332. The number of primary amides is 1. The highest BCUT2D eigenvalue weighted by molar-refractivity contribution is 5.87. The van der Waals surface area contributed by atoms with Gasteiger partial charge in [-0.15, -0.1) is 20.4 Å². The molecule has 0 unspecified atom stereocenters. The van der Waals surface area contributed by atoms with Crippen LogP contribution in [0.15, 0.2) is 78.9 Å². The van der Waals surface area contributed by atoms with Crippen molar-refractivity contribution in [3.05, 3.63) is 101 Å². The summed E-state index contributed by atoms with van der Waals surface area (Å²) in [5, 5.41) is 24.5. The first-order valence-electron chi connectivity index (χ1n) is 14.3. The number of amides is 1. The van der Waals surface area contributed by atoms with Crippen LogP contribution in [0.25, 0.3) is 27.9 Å². The van der Waals surface area contributed by atoms with Crippen molar-refractivity contribution in [2.75, 3.05) is 13.2 Å². The zero-order chi connectivity index (χ0) is 29.2. The van der Waals surface area contributed by atoms with E-state index in [2.05, 4.69) is 53.4 Å². The molecule has 0 atom stereocenters. The van der Waals surface area contributed by atoms with Gasteiger partial charge in [0.25, 0.3) is 0 Å². The summed E-state index contributed by atoms with van der Waals surface area (Å²) in [5.41, 5.74) is 10.9. The van der Waals surface area contributed by atoms with Crippen LogP contribution in [-0.4, -0.2) is 54.3 Å². The van der Waals surface area contributed by atoms with E-state index in [4.69, 9.17) is 15.2 Å². The quantitative estimate of drug-likeness (QED) is 0.264. The summed E-state index contributed by atoms with van der Waals surface area (Å²) in [6, 6.07) is 26.1. The van der Waals surface area contributed by atoms with E-state index in [9.17, 15) is 4.79 Å². The molecule has 0 spiro atoms. The van der Waals surface area contributed by atoms with Crippen LogP contribution in [0.2, 0.25) is 0 Å². The molecule has 43 heavy (non-hydrogen) atoms. The second kappa shape index (κ2) is 11.3. The number of rotatable bonds is 9. The number of fused-ring (bicyclic) bond motifs is 3. The van der Waals surface area contributed by atoms with Gasteiger partial charge in [0.2, 0.25) is 5.91 Å². The number of H-pyrrole nitrogens is 1. The zero-order valence-corrected chi connectivity index (χ0v) is 23.4. The number of hydrogen-bond acceptors (Lipinski definition) is 8. The summed E-state index contributed by atoms with van der Waals surface area (Å²) < 4.78 is 14.0. The molecule has 0 bridgehead atoms. The molecule has 3 aromatic heterocycles. The van der Waals surface area contributed by atoms with E-state index in [-0.39, 0.29) is 5.91 Å². The average molecular weight is 575 g/mol. The lowest BCUT2D eigenvalue weighted by Crippen LogP contribution is -2.45. The fourth-order valence-electron chi connectivity index (χ4n) is 5.95. The summed E-state index contributed by atoms with van der Waals surface area (Å²) in [4.78, 5) is 12.6. The fraction of sp³-hybridized carbons (Fsp3) is 0.250. The number of pyridine rings is 1. The Balaban J connectivity index is 1.25. The number of aromatic nitrogens is 7. The Bertz CT molecular complexity index is 1900. The zero-order valence-electron chi connectivity index (χ0n) is 23.4. The maximum Gasteiger partial charge on any atom is 0.228 e. The molecule has 0 aliphatic carbocycles. The van der Waals surface area contributed by atoms with Gasteiger partial charge in [0, 0.05) is 25.2 Å². The minimum Gasteiger partial charge on any atom is -0.489 e. The van der Waals surface area contributed by atoms with Crippen molar-refractivity contribution in [1.82, 2.24) is 35.2 Å². The van der Waals surface area contributed by atoms with Crippen LogP contribution in [0, 0.1) is 0 Å². The molecule has 3 N–H and O–H groups in total. The number of nitrogens with two attached hydrogens (primary N) is 1. The number of tetrazole rings is 1. The summed E-state index contributed by atoms with van der Waals surface area (Å²) in [6.07, 6.45) is 2.40. The van der Waals surface area contributed by atoms with Crippen molar-refractivity contribution < 1.29 is 14.3 Å². The van der Waals surface area contributed by atoms with Crippen LogP contribution in [0.3, 0.4) is 0 Å². The highest BCUT2D eigenvalue weighted by Gasteiger charge is 2.40. The molecule has 11 heteroatoms. The smallest absolute Gasteiger partial charge is 0.228 e. The van der Waals surface area contributed by atoms with Gasteiger partial charge in [-0.25, -0.2) is 0 Å². The second-order valence-electron chi connectivity index (χ2n) is 10.8. The Kier molecular flexibility index (Phi) is 6.99. The summed E-state index contributed by atoms with van der Waals surface area (Å²) in [7, 11) is 0. The maximum atomic E-state index is 12.6. The molecule has 7 rings (SSSR count). The summed E-state index contributed by atoms with van der Waals surface area (Å²) in [5.74, 6) is 1.76. The highest BCUT2D eigenvalue weighted by Crippen LogP contribution is 2.36. The van der Waals surface area contributed by atoms with E-state index in [1.165, 1.54) is 0 Å². The minimum atomic E-state index is -0.753. The van der Waals surface area contributed by atoms with Gasteiger partial charge in [0.05, 0.1) is 10.9 Å². The predicted molar refractivity (Wildman–Crippen MR) is 159 cm³/mol. The first-order chi connectivity index (χ1) is 21.1. The van der Waals surface area contributed by atoms with Crippen LogP contribution in [0.4, 0.5) is 0 Å². The largest absolute Gasteiger partial charge is 0.489 e. The van der Waals surface area contributed by atoms with E-state index in [0.717, 1.165) is 44.6 Å². The average Bonchev–Trinajstić information content (AvgIpc) is 3.74. The number of carbonyl (C=O) groups excluding carboxylic acids is 1. The topological polar surface area (TPSA) is 146 Å². The van der Waals surface area contributed by atoms with E-state index < -0.39 is 5.41 Å². The lowest BCUT2D eigenvalue weighted by atomic mass is 9.73. The number of aryl methyl sites for hydroxylation is 2. The van der Waals surface area contributed by atoms with Crippen LogP contribution in [0.5, 0.6) is 5.75 Å². The highest BCUT2D eigenvalue weighted by atomic mass is 16.5. The molecular formula is C32H30N8O3. The third-order valence-corrected chi connectivity index (χ3v) is 8.33. The normalized spacial score (nSPS) is 14.7. The Hall–Kier alpha value is -5.16. The molecule has 11 nitrogen and oxygen atoms in total. The molecule has 216 valence electrons. The van der Waals surface area contributed by atoms with Gasteiger partial charge in [-0.05, 0) is 77.7 Å². The van der Waals surface area contributed by atoms with Gasteiger partial charge in [0.1, 0.15) is 12.4 Å². The standard InChI is InChI=1S/C32H30N8O3/c33-31(41)32(13-15-42-16-14-32)25-7-4-8-26(19-25)43-20-24-17-23-10-12-29-36-37-30(21-5-2-1-3-6-21)40(29)27(23)18-22(24)9-11-28-34-38-39-35-28/h1-8,10,12,17-19H,9,11,13-16,20H2,(H2,33,41)(H,34,35,38,39). The molecule has 1 aliphatic rings. The van der Waals surface area contributed by atoms with Crippen molar-refractivity contribution in [2.45, 2.75) is 37.7 Å². The maximum absolute atomic E-state index is 12.6. The number of nitrogens with one attached hydrogen (secondary N) is 1. The third-order valence-electron chi connectivity index (χ3n) is 8.33. The van der Waals surface area contributed by atoms with Crippen molar-refractivity contribution >= 4 is 22.5 Å². The van der Waals surface area contributed by atoms with Gasteiger partial charge >= 0.3 is 0 Å². The Morgan fingerprint density at radius 3 is 2.58 bits per heavy atom. The molecule has 1 amide bonds. The van der Waals surface area contributed by atoms with Gasteiger partial charge in [0.15, 0.2) is 17.3 Å². The second-order valence-corrected chi connectivity index (χ2v) is 10.8. The van der Waals surface area contributed by atoms with Crippen molar-refractivity contribution in [1.29, 1.82) is 0 Å². The summed E-state index contributed by atoms with van der Waals surface area (Å²) in [6.45, 7) is 1.33. The number of carbonyl (C=O) groups is 1. The number of nitrogens with zero attached hydrogens (tertiary/aromatic N) is 6. The van der Waals surface area contributed by atoms with Crippen molar-refractivity contribution in [3.63, 3.8) is 0 Å². The Morgan fingerprint density at radius 2 is 1.79 bits per heavy atom. The molecule has 0 radical (unpaired) electrons. The fourth-order valence-corrected chi connectivity index (χ4v) is 5.95. The van der Waals surface area contributed by atoms with Crippen molar-refractivity contribution in [2.24, 2.45) is 5.73 Å². The van der Waals surface area contributed by atoms with Gasteiger partial charge in [-0.1, -0.05) is 47.7 Å². The van der Waals surface area contributed by atoms with Crippen LogP contribution in [-0.2, 0) is 34.4 Å². The Morgan fingerprint density at radius 1 is 0.930 bits per heavy atom.